The predicted octanol–water partition coefficient (Wildman–Crippen LogP) is 3.70. The quantitative estimate of drug-likeness (QED) is 0.802. The summed E-state index contributed by atoms with van der Waals surface area (Å²) < 4.78 is 1.20. The highest BCUT2D eigenvalue weighted by molar-refractivity contribution is 7.19. The van der Waals surface area contributed by atoms with Crippen molar-refractivity contribution in [1.82, 2.24) is 0 Å². The van der Waals surface area contributed by atoms with E-state index in [9.17, 15) is 4.79 Å². The van der Waals surface area contributed by atoms with Crippen molar-refractivity contribution in [2.45, 2.75) is 13.8 Å². The van der Waals surface area contributed by atoms with Gasteiger partial charge in [-0.3, -0.25) is 0 Å². The zero-order valence-electron chi connectivity index (χ0n) is 9.15. The molecule has 0 aliphatic heterocycles. The maximum absolute atomic E-state index is 10.7. The van der Waals surface area contributed by atoms with E-state index in [0.29, 0.717) is 5.57 Å². The largest absolute Gasteiger partial charge is 0.478 e. The van der Waals surface area contributed by atoms with Crippen LogP contribution in [0.25, 0.3) is 16.2 Å². The van der Waals surface area contributed by atoms with Crippen LogP contribution in [0.1, 0.15) is 17.4 Å². The smallest absolute Gasteiger partial charge is 0.331 e. The Morgan fingerprint density at radius 1 is 1.38 bits per heavy atom. The predicted molar refractivity (Wildman–Crippen MR) is 67.8 cm³/mol. The highest BCUT2D eigenvalue weighted by atomic mass is 32.1. The molecule has 0 amide bonds. The fraction of sp³-hybridized carbons (Fsp3) is 0.154. The summed E-state index contributed by atoms with van der Waals surface area (Å²) in [5.74, 6) is -0.867. The minimum absolute atomic E-state index is 0.364. The van der Waals surface area contributed by atoms with Gasteiger partial charge in [0.25, 0.3) is 0 Å². The summed E-state index contributed by atoms with van der Waals surface area (Å²) in [4.78, 5) is 11.7. The van der Waals surface area contributed by atoms with Gasteiger partial charge in [0, 0.05) is 15.2 Å². The Morgan fingerprint density at radius 3 is 2.81 bits per heavy atom. The average Bonchev–Trinajstić information content (AvgIpc) is 2.58. The van der Waals surface area contributed by atoms with Gasteiger partial charge in [0.15, 0.2) is 0 Å². The molecule has 82 valence electrons. The van der Waals surface area contributed by atoms with Crippen molar-refractivity contribution in [3.63, 3.8) is 0 Å². The fourth-order valence-corrected chi connectivity index (χ4v) is 2.67. The van der Waals surface area contributed by atoms with Crippen LogP contribution in [0.15, 0.2) is 29.8 Å². The minimum atomic E-state index is -0.867. The molecule has 0 radical (unpaired) electrons. The summed E-state index contributed by atoms with van der Waals surface area (Å²) in [5.41, 5.74) is 1.59. The third-order valence-electron chi connectivity index (χ3n) is 2.39. The van der Waals surface area contributed by atoms with Crippen LogP contribution in [-0.2, 0) is 4.79 Å². The number of aliphatic carboxylic acids is 1. The number of benzene rings is 1. The van der Waals surface area contributed by atoms with Gasteiger partial charge in [-0.15, -0.1) is 11.3 Å². The van der Waals surface area contributed by atoms with Crippen molar-refractivity contribution >= 4 is 33.5 Å². The van der Waals surface area contributed by atoms with E-state index in [1.54, 1.807) is 24.3 Å². The van der Waals surface area contributed by atoms with E-state index in [2.05, 4.69) is 25.1 Å². The number of fused-ring (bicyclic) bond motifs is 1. The van der Waals surface area contributed by atoms with Gasteiger partial charge in [0.2, 0.25) is 0 Å². The summed E-state index contributed by atoms with van der Waals surface area (Å²) in [5, 5.41) is 9.97. The second-order valence-electron chi connectivity index (χ2n) is 3.82. The summed E-state index contributed by atoms with van der Waals surface area (Å²) in [6.07, 6.45) is 1.71. The molecule has 0 unspecified atom stereocenters. The number of thiophene rings is 1. The average molecular weight is 232 g/mol. The highest BCUT2D eigenvalue weighted by Crippen LogP contribution is 2.28. The Bertz CT molecular complexity index is 579. The topological polar surface area (TPSA) is 37.3 Å². The van der Waals surface area contributed by atoms with Crippen molar-refractivity contribution in [3.8, 4) is 0 Å². The van der Waals surface area contributed by atoms with Crippen LogP contribution in [0.3, 0.4) is 0 Å². The van der Waals surface area contributed by atoms with Crippen LogP contribution >= 0.6 is 11.3 Å². The third-order valence-corrected chi connectivity index (χ3v) is 3.44. The van der Waals surface area contributed by atoms with E-state index in [1.165, 1.54) is 15.6 Å². The van der Waals surface area contributed by atoms with Gasteiger partial charge in [0.05, 0.1) is 0 Å². The van der Waals surface area contributed by atoms with Crippen molar-refractivity contribution in [1.29, 1.82) is 0 Å². The summed E-state index contributed by atoms with van der Waals surface area (Å²) in [7, 11) is 0. The molecule has 3 heteroatoms. The van der Waals surface area contributed by atoms with Crippen LogP contribution in [0.4, 0.5) is 0 Å². The molecular formula is C13H12O2S. The van der Waals surface area contributed by atoms with Crippen molar-refractivity contribution in [2.75, 3.05) is 0 Å². The summed E-state index contributed by atoms with van der Waals surface area (Å²) >= 11 is 1.62. The zero-order chi connectivity index (χ0) is 11.7. The van der Waals surface area contributed by atoms with Crippen molar-refractivity contribution < 1.29 is 9.90 Å². The molecule has 16 heavy (non-hydrogen) atoms. The number of carboxylic acid groups (broad SMARTS) is 1. The molecule has 0 spiro atoms. The van der Waals surface area contributed by atoms with E-state index in [4.69, 9.17) is 5.11 Å². The summed E-state index contributed by atoms with van der Waals surface area (Å²) in [6.45, 7) is 3.66. The van der Waals surface area contributed by atoms with Gasteiger partial charge in [-0.05, 0) is 43.0 Å². The Balaban J connectivity index is 2.48. The first-order valence-electron chi connectivity index (χ1n) is 4.98. The third kappa shape index (κ3) is 2.14. The van der Waals surface area contributed by atoms with Gasteiger partial charge in [0.1, 0.15) is 0 Å². The summed E-state index contributed by atoms with van der Waals surface area (Å²) in [6, 6.07) is 8.26. The van der Waals surface area contributed by atoms with Crippen LogP contribution in [0.2, 0.25) is 0 Å². The number of hydrogen-bond acceptors (Lipinski definition) is 2. The van der Waals surface area contributed by atoms with Gasteiger partial charge < -0.3 is 5.11 Å². The molecule has 0 saturated carbocycles. The van der Waals surface area contributed by atoms with E-state index in [1.807, 2.05) is 6.07 Å². The molecule has 0 bridgehead atoms. The van der Waals surface area contributed by atoms with Crippen LogP contribution in [0.5, 0.6) is 0 Å². The van der Waals surface area contributed by atoms with E-state index >= 15 is 0 Å². The van der Waals surface area contributed by atoms with E-state index in [0.717, 1.165) is 4.88 Å². The molecule has 0 aliphatic carbocycles. The maximum atomic E-state index is 10.7. The second kappa shape index (κ2) is 4.10. The molecule has 2 nitrogen and oxygen atoms in total. The van der Waals surface area contributed by atoms with Gasteiger partial charge in [-0.25, -0.2) is 4.79 Å². The highest BCUT2D eigenvalue weighted by Gasteiger charge is 2.03. The van der Waals surface area contributed by atoms with E-state index < -0.39 is 5.97 Å². The number of aryl methyl sites for hydroxylation is 1. The molecule has 2 rings (SSSR count). The van der Waals surface area contributed by atoms with E-state index in [-0.39, 0.29) is 0 Å². The SMILES string of the molecule is C/C(=C\c1cc2ccc(C)cc2s1)C(=O)O. The molecule has 0 saturated heterocycles. The lowest BCUT2D eigenvalue weighted by molar-refractivity contribution is -0.132. The van der Waals surface area contributed by atoms with Crippen molar-refractivity contribution in [2.24, 2.45) is 0 Å². The first-order chi connectivity index (χ1) is 7.56. The Labute approximate surface area is 97.8 Å². The van der Waals surface area contributed by atoms with Gasteiger partial charge in [-0.1, -0.05) is 12.1 Å². The minimum Gasteiger partial charge on any atom is -0.478 e. The number of carbonyl (C=O) groups is 1. The first-order valence-corrected chi connectivity index (χ1v) is 5.80. The van der Waals surface area contributed by atoms with Gasteiger partial charge >= 0.3 is 5.97 Å². The molecule has 1 aromatic carbocycles. The lowest BCUT2D eigenvalue weighted by atomic mass is 10.2. The van der Waals surface area contributed by atoms with Crippen molar-refractivity contribution in [3.05, 3.63) is 40.3 Å². The Hall–Kier alpha value is -1.61. The number of hydrogen-bond donors (Lipinski definition) is 1. The monoisotopic (exact) mass is 232 g/mol. The molecule has 1 N–H and O–H groups in total. The maximum Gasteiger partial charge on any atom is 0.331 e. The van der Waals surface area contributed by atoms with Crippen LogP contribution < -0.4 is 0 Å². The Morgan fingerprint density at radius 2 is 2.12 bits per heavy atom. The zero-order valence-corrected chi connectivity index (χ0v) is 9.97. The normalized spacial score (nSPS) is 12.0. The fourth-order valence-electron chi connectivity index (χ4n) is 1.51. The molecule has 1 heterocycles. The lowest BCUT2D eigenvalue weighted by Crippen LogP contribution is -1.94. The molecule has 0 aliphatic rings. The van der Waals surface area contributed by atoms with Gasteiger partial charge in [-0.2, -0.15) is 0 Å². The Kier molecular flexibility index (Phi) is 2.79. The standard InChI is InChI=1S/C13H12O2S/c1-8-3-4-10-7-11(16-12(10)5-8)6-9(2)13(14)15/h3-7H,1-2H3,(H,14,15)/b9-6+. The molecule has 2 aromatic rings. The second-order valence-corrected chi connectivity index (χ2v) is 4.94. The van der Waals surface area contributed by atoms with Crippen LogP contribution in [-0.4, -0.2) is 11.1 Å². The lowest BCUT2D eigenvalue weighted by Gasteiger charge is -1.90. The molecule has 0 atom stereocenters. The number of carboxylic acids is 1. The number of rotatable bonds is 2. The molecule has 1 aromatic heterocycles. The molecular weight excluding hydrogens is 220 g/mol. The first kappa shape index (κ1) is 10.9. The molecule has 0 fully saturated rings. The van der Waals surface area contributed by atoms with Crippen LogP contribution in [0, 0.1) is 6.92 Å².